The van der Waals surface area contributed by atoms with Crippen molar-refractivity contribution in [3.63, 3.8) is 0 Å². The summed E-state index contributed by atoms with van der Waals surface area (Å²) in [6, 6.07) is 0. The Kier molecular flexibility index (Phi) is 2.23. The molecular weight excluding hydrogens is 150 g/mol. The predicted octanol–water partition coefficient (Wildman–Crippen LogP) is 0.400. The number of piperidine rings is 1. The van der Waals surface area contributed by atoms with Crippen LogP contribution in [0.5, 0.6) is 0 Å². The summed E-state index contributed by atoms with van der Waals surface area (Å²) >= 11 is 0. The van der Waals surface area contributed by atoms with E-state index in [4.69, 9.17) is 5.11 Å². The average molecular weight is 164 g/mol. The van der Waals surface area contributed by atoms with Gasteiger partial charge in [0.25, 0.3) is 0 Å². The zero-order valence-electron chi connectivity index (χ0n) is 5.97. The lowest BCUT2D eigenvalue weighted by atomic mass is 10.0. The van der Waals surface area contributed by atoms with Gasteiger partial charge in [-0.25, -0.2) is 0 Å². The maximum Gasteiger partial charge on any atom is 0.0502 e. The van der Waals surface area contributed by atoms with Crippen molar-refractivity contribution in [1.82, 2.24) is 5.32 Å². The molecule has 1 saturated carbocycles. The van der Waals surface area contributed by atoms with Crippen molar-refractivity contribution >= 4 is 12.4 Å². The van der Waals surface area contributed by atoms with E-state index in [0.29, 0.717) is 12.0 Å². The van der Waals surface area contributed by atoms with Crippen LogP contribution in [-0.2, 0) is 0 Å². The van der Waals surface area contributed by atoms with E-state index >= 15 is 0 Å². The molecule has 2 N–H and O–H groups in total. The second kappa shape index (κ2) is 2.68. The van der Waals surface area contributed by atoms with Crippen molar-refractivity contribution in [2.24, 2.45) is 11.3 Å². The van der Waals surface area contributed by atoms with Crippen LogP contribution in [0.3, 0.4) is 0 Å². The van der Waals surface area contributed by atoms with Gasteiger partial charge >= 0.3 is 0 Å². The van der Waals surface area contributed by atoms with Crippen LogP contribution in [0.1, 0.15) is 12.8 Å². The zero-order valence-corrected chi connectivity index (χ0v) is 6.78. The Morgan fingerprint density at radius 3 is 2.90 bits per heavy atom. The number of hydrogen-bond acceptors (Lipinski definition) is 2. The van der Waals surface area contributed by atoms with Crippen molar-refractivity contribution in [2.75, 3.05) is 19.7 Å². The molecule has 10 heavy (non-hydrogen) atoms. The van der Waals surface area contributed by atoms with E-state index in [2.05, 4.69) is 5.32 Å². The first-order valence-electron chi connectivity index (χ1n) is 3.69. The zero-order chi connectivity index (χ0) is 6.32. The highest BCUT2D eigenvalue weighted by Gasteiger charge is 2.54. The number of fused-ring (bicyclic) bond motifs is 1. The van der Waals surface area contributed by atoms with Gasteiger partial charge in [-0.2, -0.15) is 0 Å². The molecule has 1 saturated heterocycles. The number of halogens is 1. The van der Waals surface area contributed by atoms with Gasteiger partial charge in [-0.15, -0.1) is 12.4 Å². The first-order valence-corrected chi connectivity index (χ1v) is 3.69. The third-order valence-corrected chi connectivity index (χ3v) is 2.82. The molecule has 2 unspecified atom stereocenters. The number of nitrogens with one attached hydrogen (secondary N) is 1. The summed E-state index contributed by atoms with van der Waals surface area (Å²) in [5.74, 6) is 0.851. The molecule has 2 fully saturated rings. The second-order valence-corrected chi connectivity index (χ2v) is 3.39. The summed E-state index contributed by atoms with van der Waals surface area (Å²) in [7, 11) is 0. The molecule has 2 rings (SSSR count). The third-order valence-electron chi connectivity index (χ3n) is 2.82. The first-order chi connectivity index (χ1) is 4.37. The lowest BCUT2D eigenvalue weighted by Crippen LogP contribution is -2.33. The van der Waals surface area contributed by atoms with Gasteiger partial charge in [0, 0.05) is 12.0 Å². The monoisotopic (exact) mass is 163 g/mol. The number of hydrogen-bond donors (Lipinski definition) is 2. The maximum absolute atomic E-state index is 8.95. The van der Waals surface area contributed by atoms with E-state index in [1.165, 1.54) is 12.8 Å². The molecule has 0 aromatic carbocycles. The molecule has 0 aromatic rings. The molecule has 1 heterocycles. The molecule has 2 aliphatic rings. The van der Waals surface area contributed by atoms with Crippen molar-refractivity contribution in [2.45, 2.75) is 12.8 Å². The highest BCUT2D eigenvalue weighted by molar-refractivity contribution is 5.85. The van der Waals surface area contributed by atoms with Crippen LogP contribution in [0.4, 0.5) is 0 Å². The lowest BCUT2D eigenvalue weighted by molar-refractivity contribution is 0.181. The summed E-state index contributed by atoms with van der Waals surface area (Å²) in [6.45, 7) is 2.60. The summed E-state index contributed by atoms with van der Waals surface area (Å²) in [5.41, 5.74) is 0.332. The number of aliphatic hydroxyl groups excluding tert-OH is 1. The molecule has 2 atom stereocenters. The molecule has 1 aliphatic carbocycles. The van der Waals surface area contributed by atoms with Crippen LogP contribution in [-0.4, -0.2) is 24.8 Å². The molecule has 2 nitrogen and oxygen atoms in total. The average Bonchev–Trinajstić information content (AvgIpc) is 2.62. The minimum absolute atomic E-state index is 0. The van der Waals surface area contributed by atoms with Crippen molar-refractivity contribution in [1.29, 1.82) is 0 Å². The summed E-state index contributed by atoms with van der Waals surface area (Å²) in [4.78, 5) is 0. The minimum atomic E-state index is 0. The Morgan fingerprint density at radius 1 is 1.60 bits per heavy atom. The standard InChI is InChI=1S/C7H13NO.ClH/c9-5-7-3-6(7)1-2-8-4-7;/h6,8-9H,1-5H2;1H. The fraction of sp³-hybridized carbons (Fsp3) is 1.00. The minimum Gasteiger partial charge on any atom is -0.396 e. The van der Waals surface area contributed by atoms with Crippen molar-refractivity contribution < 1.29 is 5.11 Å². The molecule has 0 spiro atoms. The Labute approximate surface area is 67.4 Å². The molecule has 0 bridgehead atoms. The normalized spacial score (nSPS) is 43.5. The van der Waals surface area contributed by atoms with Crippen LogP contribution in [0.25, 0.3) is 0 Å². The van der Waals surface area contributed by atoms with Gasteiger partial charge in [-0.3, -0.25) is 0 Å². The van der Waals surface area contributed by atoms with E-state index in [-0.39, 0.29) is 12.4 Å². The van der Waals surface area contributed by atoms with Crippen LogP contribution in [0, 0.1) is 11.3 Å². The van der Waals surface area contributed by atoms with E-state index in [1.807, 2.05) is 0 Å². The molecule has 0 radical (unpaired) electrons. The topological polar surface area (TPSA) is 32.3 Å². The molecule has 0 amide bonds. The fourth-order valence-corrected chi connectivity index (χ4v) is 1.92. The molecular formula is C7H14ClNO. The van der Waals surface area contributed by atoms with Crippen LogP contribution in [0.15, 0.2) is 0 Å². The Balaban J connectivity index is 0.000000500. The second-order valence-electron chi connectivity index (χ2n) is 3.39. The van der Waals surface area contributed by atoms with E-state index < -0.39 is 0 Å². The van der Waals surface area contributed by atoms with Crippen LogP contribution < -0.4 is 5.32 Å². The molecule has 60 valence electrons. The largest absolute Gasteiger partial charge is 0.396 e. The van der Waals surface area contributed by atoms with Crippen molar-refractivity contribution in [3.8, 4) is 0 Å². The fourth-order valence-electron chi connectivity index (χ4n) is 1.92. The van der Waals surface area contributed by atoms with Gasteiger partial charge in [-0.05, 0) is 25.3 Å². The molecule has 1 aliphatic heterocycles. The quantitative estimate of drug-likeness (QED) is 0.587. The Bertz CT molecular complexity index is 131. The highest BCUT2D eigenvalue weighted by Crippen LogP contribution is 2.54. The van der Waals surface area contributed by atoms with Gasteiger partial charge in [-0.1, -0.05) is 0 Å². The summed E-state index contributed by atoms with van der Waals surface area (Å²) < 4.78 is 0. The van der Waals surface area contributed by atoms with Gasteiger partial charge in [0.2, 0.25) is 0 Å². The Hall–Kier alpha value is 0.210. The van der Waals surface area contributed by atoms with Gasteiger partial charge in [0.1, 0.15) is 0 Å². The number of aliphatic hydroxyl groups is 1. The number of rotatable bonds is 1. The summed E-state index contributed by atoms with van der Waals surface area (Å²) in [5, 5.41) is 12.3. The van der Waals surface area contributed by atoms with Crippen LogP contribution in [0.2, 0.25) is 0 Å². The van der Waals surface area contributed by atoms with Gasteiger partial charge < -0.3 is 10.4 Å². The first kappa shape index (κ1) is 8.31. The van der Waals surface area contributed by atoms with E-state index in [1.54, 1.807) is 0 Å². The summed E-state index contributed by atoms with van der Waals surface area (Å²) in [6.07, 6.45) is 2.54. The van der Waals surface area contributed by atoms with Gasteiger partial charge in [0.05, 0.1) is 6.61 Å². The molecule has 3 heteroatoms. The van der Waals surface area contributed by atoms with E-state index in [0.717, 1.165) is 19.0 Å². The third kappa shape index (κ3) is 1.04. The highest BCUT2D eigenvalue weighted by atomic mass is 35.5. The SMILES string of the molecule is Cl.OCC12CNCCC1C2. The van der Waals surface area contributed by atoms with E-state index in [9.17, 15) is 0 Å². The Morgan fingerprint density at radius 2 is 2.40 bits per heavy atom. The smallest absolute Gasteiger partial charge is 0.0502 e. The predicted molar refractivity (Wildman–Crippen MR) is 42.4 cm³/mol. The molecule has 0 aromatic heterocycles. The maximum atomic E-state index is 8.95. The van der Waals surface area contributed by atoms with Crippen LogP contribution >= 0.6 is 12.4 Å². The lowest BCUT2D eigenvalue weighted by Gasteiger charge is -2.19. The van der Waals surface area contributed by atoms with Gasteiger partial charge in [0.15, 0.2) is 0 Å². The van der Waals surface area contributed by atoms with Crippen molar-refractivity contribution in [3.05, 3.63) is 0 Å².